The van der Waals surface area contributed by atoms with Crippen LogP contribution in [0.5, 0.6) is 5.75 Å². The van der Waals surface area contributed by atoms with E-state index in [2.05, 4.69) is 4.72 Å². The van der Waals surface area contributed by atoms with Crippen molar-refractivity contribution < 1.29 is 23.1 Å². The van der Waals surface area contributed by atoms with Crippen LogP contribution in [0.3, 0.4) is 0 Å². The zero-order valence-electron chi connectivity index (χ0n) is 12.2. The molecule has 0 spiro atoms. The van der Waals surface area contributed by atoms with Crippen molar-refractivity contribution in [3.63, 3.8) is 0 Å². The number of carboxylic acids is 1. The minimum atomic E-state index is -3.73. The first-order chi connectivity index (χ1) is 9.89. The summed E-state index contributed by atoms with van der Waals surface area (Å²) in [6, 6.07) is 5.42. The second-order valence-corrected chi connectivity index (χ2v) is 6.32. The highest BCUT2D eigenvalue weighted by Gasteiger charge is 2.21. The molecule has 6 nitrogen and oxygen atoms in total. The lowest BCUT2D eigenvalue weighted by Gasteiger charge is -2.16. The largest absolute Gasteiger partial charge is 0.494 e. The quantitative estimate of drug-likeness (QED) is 0.727. The summed E-state index contributed by atoms with van der Waals surface area (Å²) in [5, 5.41) is 8.82. The van der Waals surface area contributed by atoms with Crippen molar-refractivity contribution in [3.8, 4) is 5.75 Å². The summed E-state index contributed by atoms with van der Waals surface area (Å²) < 4.78 is 32.1. The van der Waals surface area contributed by atoms with Crippen molar-refractivity contribution in [2.75, 3.05) is 6.61 Å². The molecule has 1 aromatic rings. The Morgan fingerprint density at radius 3 is 2.38 bits per heavy atom. The Balaban J connectivity index is 2.85. The van der Waals surface area contributed by atoms with Gasteiger partial charge in [0.15, 0.2) is 0 Å². The maximum Gasteiger partial charge on any atom is 0.304 e. The summed E-state index contributed by atoms with van der Waals surface area (Å²) in [6.07, 6.45) is 0.941. The lowest BCUT2D eigenvalue weighted by atomic mass is 10.1. The van der Waals surface area contributed by atoms with Gasteiger partial charge in [-0.3, -0.25) is 4.79 Å². The van der Waals surface area contributed by atoms with Crippen LogP contribution >= 0.6 is 0 Å². The molecule has 0 amide bonds. The van der Waals surface area contributed by atoms with Gasteiger partial charge in [-0.25, -0.2) is 13.1 Å². The van der Waals surface area contributed by atoms with Gasteiger partial charge in [0.2, 0.25) is 10.0 Å². The summed E-state index contributed by atoms with van der Waals surface area (Å²) in [7, 11) is -3.73. The fourth-order valence-corrected chi connectivity index (χ4v) is 3.20. The van der Waals surface area contributed by atoms with Crippen LogP contribution in [0.1, 0.15) is 33.1 Å². The fourth-order valence-electron chi connectivity index (χ4n) is 1.93. The Bertz CT molecular complexity index is 553. The monoisotopic (exact) mass is 315 g/mol. The van der Waals surface area contributed by atoms with Crippen molar-refractivity contribution in [1.29, 1.82) is 0 Å². The van der Waals surface area contributed by atoms with Crippen LogP contribution in [-0.2, 0) is 14.8 Å². The normalized spacial score (nSPS) is 12.9. The highest BCUT2D eigenvalue weighted by Crippen LogP contribution is 2.17. The number of carboxylic acid groups (broad SMARTS) is 1. The molecule has 1 rings (SSSR count). The van der Waals surface area contributed by atoms with Crippen LogP contribution in [0.25, 0.3) is 0 Å². The molecule has 0 aromatic heterocycles. The third-order valence-corrected chi connectivity index (χ3v) is 4.36. The van der Waals surface area contributed by atoms with E-state index in [0.29, 0.717) is 25.2 Å². The van der Waals surface area contributed by atoms with E-state index < -0.39 is 22.0 Å². The van der Waals surface area contributed by atoms with Crippen LogP contribution in [0, 0.1) is 0 Å². The van der Waals surface area contributed by atoms with Gasteiger partial charge in [-0.05, 0) is 37.6 Å². The van der Waals surface area contributed by atoms with Gasteiger partial charge in [-0.1, -0.05) is 13.3 Å². The van der Waals surface area contributed by atoms with Crippen LogP contribution in [0.15, 0.2) is 29.2 Å². The third kappa shape index (κ3) is 5.73. The number of ether oxygens (including phenoxy) is 1. The van der Waals surface area contributed by atoms with E-state index in [-0.39, 0.29) is 11.3 Å². The molecule has 0 bridgehead atoms. The molecule has 0 aliphatic heterocycles. The minimum Gasteiger partial charge on any atom is -0.494 e. The molecule has 0 heterocycles. The Morgan fingerprint density at radius 2 is 1.90 bits per heavy atom. The molecule has 0 saturated carbocycles. The smallest absolute Gasteiger partial charge is 0.304 e. The van der Waals surface area contributed by atoms with E-state index in [1.54, 1.807) is 12.1 Å². The molecule has 1 atom stereocenters. The number of carbonyl (C=O) groups is 1. The Labute approximate surface area is 125 Å². The number of hydrogen-bond acceptors (Lipinski definition) is 4. The van der Waals surface area contributed by atoms with E-state index in [4.69, 9.17) is 9.84 Å². The molecule has 0 saturated heterocycles. The maximum absolute atomic E-state index is 12.2. The molecule has 1 unspecified atom stereocenters. The first-order valence-corrected chi connectivity index (χ1v) is 8.34. The number of nitrogens with one attached hydrogen (secondary N) is 1. The molecule has 0 fully saturated rings. The van der Waals surface area contributed by atoms with Gasteiger partial charge in [0, 0.05) is 6.04 Å². The van der Waals surface area contributed by atoms with Crippen molar-refractivity contribution >= 4 is 16.0 Å². The molecular formula is C14H21NO5S. The predicted molar refractivity (Wildman–Crippen MR) is 78.9 cm³/mol. The first-order valence-electron chi connectivity index (χ1n) is 6.86. The molecule has 7 heteroatoms. The van der Waals surface area contributed by atoms with Crippen LogP contribution in [0.4, 0.5) is 0 Å². The lowest BCUT2D eigenvalue weighted by molar-refractivity contribution is -0.137. The summed E-state index contributed by atoms with van der Waals surface area (Å²) in [4.78, 5) is 10.9. The number of aliphatic carboxylic acids is 1. The van der Waals surface area contributed by atoms with Gasteiger partial charge >= 0.3 is 5.97 Å². The van der Waals surface area contributed by atoms with Crippen LogP contribution < -0.4 is 9.46 Å². The summed E-state index contributed by atoms with van der Waals surface area (Å²) in [5.74, 6) is -0.435. The van der Waals surface area contributed by atoms with E-state index in [0.717, 1.165) is 0 Å². The van der Waals surface area contributed by atoms with Gasteiger partial charge in [0.05, 0.1) is 17.9 Å². The molecule has 118 valence electrons. The molecule has 0 aliphatic carbocycles. The number of rotatable bonds is 9. The van der Waals surface area contributed by atoms with Crippen LogP contribution in [-0.4, -0.2) is 32.1 Å². The summed E-state index contributed by atoms with van der Waals surface area (Å²) in [5.41, 5.74) is 0. The predicted octanol–water partition coefficient (Wildman–Crippen LogP) is 2.01. The number of sulfonamides is 1. The van der Waals surface area contributed by atoms with Gasteiger partial charge < -0.3 is 9.84 Å². The Kier molecular flexibility index (Phi) is 6.64. The number of benzene rings is 1. The first kappa shape index (κ1) is 17.5. The molecule has 0 radical (unpaired) electrons. The third-order valence-electron chi connectivity index (χ3n) is 2.83. The molecule has 1 aromatic carbocycles. The lowest BCUT2D eigenvalue weighted by Crippen LogP contribution is -2.36. The van der Waals surface area contributed by atoms with Gasteiger partial charge in [-0.15, -0.1) is 0 Å². The van der Waals surface area contributed by atoms with Crippen molar-refractivity contribution in [2.45, 2.75) is 44.0 Å². The van der Waals surface area contributed by atoms with Crippen molar-refractivity contribution in [1.82, 2.24) is 4.72 Å². The summed E-state index contributed by atoms with van der Waals surface area (Å²) >= 11 is 0. The van der Waals surface area contributed by atoms with E-state index in [1.807, 2.05) is 13.8 Å². The maximum atomic E-state index is 12.2. The fraction of sp³-hybridized carbons (Fsp3) is 0.500. The Morgan fingerprint density at radius 1 is 1.29 bits per heavy atom. The average Bonchev–Trinajstić information content (AvgIpc) is 2.38. The average molecular weight is 315 g/mol. The van der Waals surface area contributed by atoms with E-state index in [1.165, 1.54) is 12.1 Å². The SMILES string of the molecule is CCCC(CC(=O)O)NS(=O)(=O)c1ccc(OCC)cc1. The molecule has 0 aliphatic rings. The Hall–Kier alpha value is -1.60. The molecule has 2 N–H and O–H groups in total. The van der Waals surface area contributed by atoms with E-state index >= 15 is 0 Å². The summed E-state index contributed by atoms with van der Waals surface area (Å²) in [6.45, 7) is 4.22. The second kappa shape index (κ2) is 7.99. The molecule has 21 heavy (non-hydrogen) atoms. The highest BCUT2D eigenvalue weighted by atomic mass is 32.2. The van der Waals surface area contributed by atoms with Gasteiger partial charge in [0.25, 0.3) is 0 Å². The highest BCUT2D eigenvalue weighted by molar-refractivity contribution is 7.89. The van der Waals surface area contributed by atoms with Crippen molar-refractivity contribution in [3.05, 3.63) is 24.3 Å². The second-order valence-electron chi connectivity index (χ2n) is 4.61. The standard InChI is InChI=1S/C14H21NO5S/c1-3-5-11(10-14(16)17)15-21(18,19)13-8-6-12(7-9-13)20-4-2/h6-9,11,15H,3-5,10H2,1-2H3,(H,16,17). The topological polar surface area (TPSA) is 92.7 Å². The molecular weight excluding hydrogens is 294 g/mol. The van der Waals surface area contributed by atoms with Gasteiger partial charge in [-0.2, -0.15) is 0 Å². The van der Waals surface area contributed by atoms with Crippen LogP contribution in [0.2, 0.25) is 0 Å². The zero-order valence-corrected chi connectivity index (χ0v) is 13.0. The zero-order chi connectivity index (χ0) is 15.9. The van der Waals surface area contributed by atoms with Gasteiger partial charge in [0.1, 0.15) is 5.75 Å². The minimum absolute atomic E-state index is 0.0949. The number of hydrogen-bond donors (Lipinski definition) is 2. The van der Waals surface area contributed by atoms with E-state index in [9.17, 15) is 13.2 Å². The van der Waals surface area contributed by atoms with Crippen molar-refractivity contribution in [2.24, 2.45) is 0 Å².